The Kier molecular flexibility index (Phi) is 8.88. The van der Waals surface area contributed by atoms with E-state index in [9.17, 15) is 15.0 Å². The topological polar surface area (TPSA) is 96.3 Å². The summed E-state index contributed by atoms with van der Waals surface area (Å²) in [5.41, 5.74) is -0.797. The van der Waals surface area contributed by atoms with Gasteiger partial charge in [0.1, 0.15) is 0 Å². The molecule has 8 atom stereocenters. The molecular formula is C52H63NO6S. The fourth-order valence-electron chi connectivity index (χ4n) is 16.5. The summed E-state index contributed by atoms with van der Waals surface area (Å²) in [6.07, 6.45) is 20.1. The minimum Gasteiger partial charge on any atom is -0.493 e. The number of methoxy groups -OCH3 is 2. The number of fused-ring (bicyclic) bond motifs is 2. The van der Waals surface area contributed by atoms with Gasteiger partial charge in [-0.05, 0) is 159 Å². The quantitative estimate of drug-likeness (QED) is 0.156. The molecule has 7 fully saturated rings. The molecule has 7 saturated carbocycles. The molecular weight excluding hydrogens is 767 g/mol. The van der Waals surface area contributed by atoms with Gasteiger partial charge in [0, 0.05) is 39.6 Å². The molecule has 1 amide bonds. The molecule has 2 N–H and O–H groups in total. The van der Waals surface area contributed by atoms with E-state index in [0.717, 1.165) is 76.0 Å². The lowest BCUT2D eigenvalue weighted by Crippen LogP contribution is -2.67. The first-order chi connectivity index (χ1) is 28.7. The number of allylic oxidation sites excluding steroid dienone is 4. The number of Topliss-reactive ketones (excluding diaryl/α,β-unsaturated/α-hetero) is 1. The van der Waals surface area contributed by atoms with Gasteiger partial charge in [0.15, 0.2) is 17.3 Å². The van der Waals surface area contributed by atoms with E-state index in [0.29, 0.717) is 37.4 Å². The third-order valence-electron chi connectivity index (χ3n) is 18.9. The van der Waals surface area contributed by atoms with Crippen molar-refractivity contribution >= 4 is 33.1 Å². The summed E-state index contributed by atoms with van der Waals surface area (Å²) in [7, 11) is 3.26. The first-order valence-electron chi connectivity index (χ1n) is 23.1. The maximum Gasteiger partial charge on any atom is 0.227 e. The summed E-state index contributed by atoms with van der Waals surface area (Å²) in [6.45, 7) is 5.78. The molecule has 1 aromatic heterocycles. The maximum absolute atomic E-state index is 15.3. The summed E-state index contributed by atoms with van der Waals surface area (Å²) in [5.74, 6) is 3.95. The van der Waals surface area contributed by atoms with Gasteiger partial charge < -0.3 is 24.6 Å². The number of ketones is 1. The normalized spacial score (nSPS) is 41.7. The molecule has 2 aromatic carbocycles. The molecule has 13 rings (SSSR count). The minimum absolute atomic E-state index is 0.0268. The van der Waals surface area contributed by atoms with Crippen molar-refractivity contribution in [3.05, 3.63) is 82.8 Å². The largest absolute Gasteiger partial charge is 0.493 e. The molecule has 10 aliphatic carbocycles. The van der Waals surface area contributed by atoms with Gasteiger partial charge in [-0.25, -0.2) is 0 Å². The molecule has 1 heterocycles. The third-order valence-corrected chi connectivity index (χ3v) is 20.0. The first-order valence-corrected chi connectivity index (χ1v) is 23.9. The molecule has 3 aromatic rings. The number of thiophene rings is 1. The van der Waals surface area contributed by atoms with Crippen LogP contribution >= 0.6 is 11.3 Å². The number of carbonyl (C=O) groups excluding carboxylic acids is 2. The SMILES string of the molecule is COc1ccc(CC(=O)N(CC23CC4CC(CC(C4)C2)C3)CC2(O)CCC3C45C=CC6(C=C4C(=O)c4cc7ccccc7s4)CC(O)CCC6(C)C5CCC32C)cc1OC. The number of nitrogens with zero attached hydrogens (tertiary/aromatic N) is 1. The van der Waals surface area contributed by atoms with Gasteiger partial charge in [-0.15, -0.1) is 11.3 Å². The molecule has 8 heteroatoms. The number of aliphatic hydroxyl groups excluding tert-OH is 1. The van der Waals surface area contributed by atoms with E-state index in [1.54, 1.807) is 25.6 Å². The molecule has 318 valence electrons. The minimum atomic E-state index is -1.12. The van der Waals surface area contributed by atoms with Crippen LogP contribution in [0.1, 0.15) is 113 Å². The second-order valence-corrected chi connectivity index (χ2v) is 22.9. The Morgan fingerprint density at radius 2 is 1.48 bits per heavy atom. The maximum atomic E-state index is 15.3. The fourth-order valence-corrected chi connectivity index (χ4v) is 17.6. The van der Waals surface area contributed by atoms with Crippen molar-refractivity contribution in [2.24, 2.45) is 56.7 Å². The van der Waals surface area contributed by atoms with Crippen LogP contribution in [-0.2, 0) is 11.2 Å². The predicted molar refractivity (Wildman–Crippen MR) is 235 cm³/mol. The molecule has 7 nitrogen and oxygen atoms in total. The van der Waals surface area contributed by atoms with Crippen LogP contribution in [0, 0.1) is 56.7 Å². The summed E-state index contributed by atoms with van der Waals surface area (Å²) in [5, 5.41) is 25.9. The lowest BCUT2D eigenvalue weighted by molar-refractivity contribution is -0.181. The van der Waals surface area contributed by atoms with E-state index in [2.05, 4.69) is 55.2 Å². The van der Waals surface area contributed by atoms with Crippen molar-refractivity contribution in [1.29, 1.82) is 0 Å². The van der Waals surface area contributed by atoms with Crippen molar-refractivity contribution in [2.45, 2.75) is 115 Å². The summed E-state index contributed by atoms with van der Waals surface area (Å²) >= 11 is 1.58. The average Bonchev–Trinajstić information content (AvgIpc) is 3.78. The molecule has 6 bridgehead atoms. The van der Waals surface area contributed by atoms with E-state index >= 15 is 4.79 Å². The van der Waals surface area contributed by atoms with Gasteiger partial charge in [-0.2, -0.15) is 0 Å². The molecule has 8 unspecified atom stereocenters. The zero-order chi connectivity index (χ0) is 41.5. The highest BCUT2D eigenvalue weighted by atomic mass is 32.1. The predicted octanol–water partition coefficient (Wildman–Crippen LogP) is 9.98. The zero-order valence-electron chi connectivity index (χ0n) is 36.0. The number of benzene rings is 2. The van der Waals surface area contributed by atoms with Crippen molar-refractivity contribution in [3.63, 3.8) is 0 Å². The van der Waals surface area contributed by atoms with Crippen LogP contribution in [0.3, 0.4) is 0 Å². The van der Waals surface area contributed by atoms with Gasteiger partial charge in [-0.3, -0.25) is 9.59 Å². The highest BCUT2D eigenvalue weighted by Crippen LogP contribution is 2.78. The highest BCUT2D eigenvalue weighted by Gasteiger charge is 2.74. The lowest BCUT2D eigenvalue weighted by atomic mass is 9.32. The fraction of sp³-hybridized carbons (Fsp3) is 0.615. The number of aliphatic hydroxyl groups is 2. The van der Waals surface area contributed by atoms with Crippen LogP contribution in [0.4, 0.5) is 0 Å². The summed E-state index contributed by atoms with van der Waals surface area (Å²) in [6, 6.07) is 16.1. The lowest BCUT2D eigenvalue weighted by Gasteiger charge is -2.71. The zero-order valence-corrected chi connectivity index (χ0v) is 36.8. The number of carbonyl (C=O) groups is 2. The standard InChI is InChI=1S/C52H63NO6S/c1-47-14-11-37(54)28-50(47)17-18-52(38(29-50)46(56)42-24-36-7-5-6-8-41(36)60-42)43(47)12-15-48(2)44(52)13-16-51(48,57)31-53(30-49-25-33-19-34(26-49)21-35(20-33)27-49)45(55)23-32-9-10-39(58-3)40(22-32)59-4/h5-10,17-18,22,24,29,33-35,37,43-44,54,57H,11-16,19-21,23,25-28,30-31H2,1-4H3. The Balaban J connectivity index is 0.972. The number of hydrogen-bond acceptors (Lipinski definition) is 7. The Bertz CT molecular complexity index is 2260. The Morgan fingerprint density at radius 1 is 0.800 bits per heavy atom. The molecule has 0 radical (unpaired) electrons. The van der Waals surface area contributed by atoms with Crippen LogP contribution in [0.25, 0.3) is 10.1 Å². The van der Waals surface area contributed by atoms with Crippen molar-refractivity contribution in [1.82, 2.24) is 4.90 Å². The number of ether oxygens (including phenoxy) is 2. The van der Waals surface area contributed by atoms with E-state index < -0.39 is 22.5 Å². The van der Waals surface area contributed by atoms with Gasteiger partial charge in [-0.1, -0.05) is 56.3 Å². The van der Waals surface area contributed by atoms with Crippen LogP contribution in [0.15, 0.2) is 72.3 Å². The monoisotopic (exact) mass is 829 g/mol. The number of rotatable bonds is 10. The molecule has 2 spiro atoms. The van der Waals surface area contributed by atoms with Gasteiger partial charge in [0.2, 0.25) is 5.91 Å². The number of hydrogen-bond donors (Lipinski definition) is 2. The molecule has 60 heavy (non-hydrogen) atoms. The van der Waals surface area contributed by atoms with Crippen LogP contribution in [0.5, 0.6) is 11.5 Å². The van der Waals surface area contributed by atoms with E-state index in [4.69, 9.17) is 9.47 Å². The van der Waals surface area contributed by atoms with Crippen molar-refractivity contribution in [2.75, 3.05) is 27.3 Å². The Labute approximate surface area is 359 Å². The first kappa shape index (κ1) is 39.4. The second kappa shape index (κ2) is 13.5. The third kappa shape index (κ3) is 5.50. The Morgan fingerprint density at radius 3 is 2.20 bits per heavy atom. The van der Waals surface area contributed by atoms with Gasteiger partial charge in [0.05, 0.1) is 37.2 Å². The average molecular weight is 830 g/mol. The van der Waals surface area contributed by atoms with Gasteiger partial charge in [0.25, 0.3) is 0 Å². The van der Waals surface area contributed by atoms with Crippen LogP contribution in [-0.4, -0.2) is 65.8 Å². The summed E-state index contributed by atoms with van der Waals surface area (Å²) in [4.78, 5) is 33.2. The van der Waals surface area contributed by atoms with Crippen molar-refractivity contribution < 1.29 is 29.3 Å². The van der Waals surface area contributed by atoms with Gasteiger partial charge >= 0.3 is 0 Å². The van der Waals surface area contributed by atoms with E-state index in [1.165, 1.54) is 38.5 Å². The Hall–Kier alpha value is -3.46. The second-order valence-electron chi connectivity index (χ2n) is 21.8. The highest BCUT2D eigenvalue weighted by molar-refractivity contribution is 7.21. The number of amides is 1. The summed E-state index contributed by atoms with van der Waals surface area (Å²) < 4.78 is 12.3. The molecule has 10 aliphatic rings. The molecule has 0 saturated heterocycles. The van der Waals surface area contributed by atoms with E-state index in [-0.39, 0.29) is 46.2 Å². The van der Waals surface area contributed by atoms with Crippen molar-refractivity contribution in [3.8, 4) is 11.5 Å². The van der Waals surface area contributed by atoms with E-state index in [1.807, 2.05) is 30.3 Å². The van der Waals surface area contributed by atoms with Crippen LogP contribution < -0.4 is 9.47 Å². The molecule has 0 aliphatic heterocycles. The smallest absolute Gasteiger partial charge is 0.227 e. The van der Waals surface area contributed by atoms with Crippen LogP contribution in [0.2, 0.25) is 0 Å².